The van der Waals surface area contributed by atoms with Gasteiger partial charge >= 0.3 is 0 Å². The molecule has 1 atom stereocenters. The molecule has 1 fully saturated rings. The summed E-state index contributed by atoms with van der Waals surface area (Å²) >= 11 is 1.61. The fraction of sp³-hybridized carbons (Fsp3) is 0.364. The van der Waals surface area contributed by atoms with Crippen molar-refractivity contribution in [3.63, 3.8) is 0 Å². The molecule has 4 rings (SSSR count). The molecule has 3 aromatic rings. The second kappa shape index (κ2) is 8.57. The van der Waals surface area contributed by atoms with E-state index in [-0.39, 0.29) is 28.0 Å². The number of amides is 1. The highest BCUT2D eigenvalue weighted by Crippen LogP contribution is 2.36. The molecule has 2 aromatic heterocycles. The summed E-state index contributed by atoms with van der Waals surface area (Å²) in [6.07, 6.45) is 1.76. The Morgan fingerprint density at radius 1 is 1.23 bits per heavy atom. The van der Waals surface area contributed by atoms with Gasteiger partial charge in [0.05, 0.1) is 16.5 Å². The fourth-order valence-electron chi connectivity index (χ4n) is 4.22. The Balaban J connectivity index is 1.82. The number of H-pyrrole nitrogens is 1. The number of aromatic nitrogens is 1. The quantitative estimate of drug-likeness (QED) is 0.610. The van der Waals surface area contributed by atoms with E-state index in [0.717, 1.165) is 17.7 Å². The monoisotopic (exact) mass is 459 g/mol. The van der Waals surface area contributed by atoms with E-state index in [9.17, 15) is 18.0 Å². The molecule has 7 nitrogen and oxygen atoms in total. The summed E-state index contributed by atoms with van der Waals surface area (Å²) in [5.41, 5.74) is 0.294. The molecule has 1 N–H and O–H groups in total. The van der Waals surface area contributed by atoms with Gasteiger partial charge in [0.1, 0.15) is 0 Å². The maximum atomic E-state index is 13.5. The molecule has 0 bridgehead atoms. The average molecular weight is 460 g/mol. The zero-order chi connectivity index (χ0) is 22.2. The summed E-state index contributed by atoms with van der Waals surface area (Å²) in [5, 5.41) is 2.43. The van der Waals surface area contributed by atoms with Crippen LogP contribution in [0, 0.1) is 0 Å². The van der Waals surface area contributed by atoms with Crippen LogP contribution in [0.3, 0.4) is 0 Å². The number of fused-ring (bicyclic) bond motifs is 1. The van der Waals surface area contributed by atoms with Crippen LogP contribution < -0.4 is 5.56 Å². The molecule has 0 radical (unpaired) electrons. The first-order chi connectivity index (χ1) is 14.9. The zero-order valence-corrected chi connectivity index (χ0v) is 19.1. The van der Waals surface area contributed by atoms with Crippen molar-refractivity contribution in [1.29, 1.82) is 0 Å². The standard InChI is InChI=1S/C22H25N3O4S2/c1-3-24(4-2)31(28,29)15-9-10-18-16(13-15)17(14-21(26)23-18)22(27)25-11-5-7-19(25)20-8-6-12-30-20/h6,8-10,12-14,19H,3-5,7,11H2,1-2H3,(H,23,26)/t19-/m1/s1. The van der Waals surface area contributed by atoms with E-state index >= 15 is 0 Å². The van der Waals surface area contributed by atoms with Crippen molar-refractivity contribution < 1.29 is 13.2 Å². The number of thiophene rings is 1. The lowest BCUT2D eigenvalue weighted by atomic mass is 10.1. The Morgan fingerprint density at radius 2 is 2.00 bits per heavy atom. The van der Waals surface area contributed by atoms with Crippen LogP contribution in [0.5, 0.6) is 0 Å². The van der Waals surface area contributed by atoms with Gasteiger partial charge in [0.15, 0.2) is 0 Å². The Morgan fingerprint density at radius 3 is 2.68 bits per heavy atom. The third-order valence-corrected chi connectivity index (χ3v) is 8.79. The van der Waals surface area contributed by atoms with Gasteiger partial charge in [-0.05, 0) is 42.5 Å². The predicted molar refractivity (Wildman–Crippen MR) is 122 cm³/mol. The number of aromatic amines is 1. The SMILES string of the molecule is CCN(CC)S(=O)(=O)c1ccc2[nH]c(=O)cc(C(=O)N3CCC[C@@H]3c3cccs3)c2c1. The minimum atomic E-state index is -3.69. The first-order valence-electron chi connectivity index (χ1n) is 10.4. The van der Waals surface area contributed by atoms with Crippen molar-refractivity contribution in [2.75, 3.05) is 19.6 Å². The lowest BCUT2D eigenvalue weighted by Gasteiger charge is -2.24. The van der Waals surface area contributed by atoms with Crippen molar-refractivity contribution >= 4 is 38.2 Å². The van der Waals surface area contributed by atoms with Crippen molar-refractivity contribution in [2.45, 2.75) is 37.6 Å². The van der Waals surface area contributed by atoms with E-state index in [0.29, 0.717) is 30.5 Å². The maximum absolute atomic E-state index is 13.5. The Hall–Kier alpha value is -2.49. The summed E-state index contributed by atoms with van der Waals surface area (Å²) in [6.45, 7) is 4.88. The number of pyridine rings is 1. The van der Waals surface area contributed by atoms with E-state index in [4.69, 9.17) is 0 Å². The first-order valence-corrected chi connectivity index (χ1v) is 12.7. The lowest BCUT2D eigenvalue weighted by Crippen LogP contribution is -2.32. The number of carbonyl (C=O) groups excluding carboxylic acids is 1. The van der Waals surface area contributed by atoms with E-state index < -0.39 is 10.0 Å². The number of rotatable bonds is 6. The number of carbonyl (C=O) groups is 1. The largest absolute Gasteiger partial charge is 0.331 e. The number of sulfonamides is 1. The highest BCUT2D eigenvalue weighted by atomic mass is 32.2. The third-order valence-electron chi connectivity index (χ3n) is 5.77. The van der Waals surface area contributed by atoms with Gasteiger partial charge in [0, 0.05) is 41.5 Å². The number of nitrogens with zero attached hydrogens (tertiary/aromatic N) is 2. The summed E-state index contributed by atoms with van der Waals surface area (Å²) in [5.74, 6) is -0.246. The van der Waals surface area contributed by atoms with Gasteiger partial charge in [-0.2, -0.15) is 4.31 Å². The number of hydrogen-bond donors (Lipinski definition) is 1. The Kier molecular flexibility index (Phi) is 6.00. The maximum Gasteiger partial charge on any atom is 0.255 e. The summed E-state index contributed by atoms with van der Waals surface area (Å²) in [6, 6.07) is 9.78. The van der Waals surface area contributed by atoms with E-state index in [1.54, 1.807) is 36.2 Å². The molecule has 0 saturated carbocycles. The minimum absolute atomic E-state index is 0.0237. The molecule has 1 aromatic carbocycles. The van der Waals surface area contributed by atoms with Crippen molar-refractivity contribution in [3.8, 4) is 0 Å². The molecule has 9 heteroatoms. The van der Waals surface area contributed by atoms with Crippen LogP contribution in [0.1, 0.15) is 48.0 Å². The lowest BCUT2D eigenvalue weighted by molar-refractivity contribution is 0.0739. The van der Waals surface area contributed by atoms with Crippen LogP contribution in [0.15, 0.2) is 51.5 Å². The molecule has 1 saturated heterocycles. The number of likely N-dealkylation sites (tertiary alicyclic amines) is 1. The summed E-state index contributed by atoms with van der Waals surface area (Å²) in [7, 11) is -3.69. The van der Waals surface area contributed by atoms with Gasteiger partial charge in [-0.25, -0.2) is 8.42 Å². The van der Waals surface area contributed by atoms with Gasteiger partial charge in [-0.3, -0.25) is 9.59 Å². The molecule has 1 aliphatic heterocycles. The number of hydrogen-bond acceptors (Lipinski definition) is 5. The molecular formula is C22H25N3O4S2. The van der Waals surface area contributed by atoms with Gasteiger partial charge in [-0.15, -0.1) is 11.3 Å². The average Bonchev–Trinajstić information content (AvgIpc) is 3.44. The summed E-state index contributed by atoms with van der Waals surface area (Å²) < 4.78 is 27.4. The summed E-state index contributed by atoms with van der Waals surface area (Å²) in [4.78, 5) is 31.6. The fourth-order valence-corrected chi connectivity index (χ4v) is 6.58. The molecular weight excluding hydrogens is 434 g/mol. The number of benzene rings is 1. The molecule has 0 aliphatic carbocycles. The Bertz CT molecular complexity index is 1260. The van der Waals surface area contributed by atoms with Crippen LogP contribution in [-0.4, -0.2) is 48.1 Å². The second-order valence-corrected chi connectivity index (χ2v) is 10.4. The predicted octanol–water partition coefficient (Wildman–Crippen LogP) is 3.60. The van der Waals surface area contributed by atoms with E-state index in [1.807, 2.05) is 17.5 Å². The van der Waals surface area contributed by atoms with Crippen LogP contribution in [0.25, 0.3) is 10.9 Å². The molecule has 1 aliphatic rings. The Labute approximate surface area is 185 Å². The normalized spacial score (nSPS) is 17.0. The van der Waals surface area contributed by atoms with Gasteiger partial charge < -0.3 is 9.88 Å². The topological polar surface area (TPSA) is 90.5 Å². The molecule has 164 valence electrons. The van der Waals surface area contributed by atoms with E-state index in [1.165, 1.54) is 22.5 Å². The van der Waals surface area contributed by atoms with Crippen LogP contribution >= 0.6 is 11.3 Å². The van der Waals surface area contributed by atoms with Crippen molar-refractivity contribution in [1.82, 2.24) is 14.2 Å². The molecule has 0 unspecified atom stereocenters. The van der Waals surface area contributed by atoms with Crippen LogP contribution in [0.2, 0.25) is 0 Å². The molecule has 31 heavy (non-hydrogen) atoms. The molecule has 1 amide bonds. The zero-order valence-electron chi connectivity index (χ0n) is 17.5. The van der Waals surface area contributed by atoms with Crippen molar-refractivity contribution in [2.24, 2.45) is 0 Å². The highest BCUT2D eigenvalue weighted by Gasteiger charge is 2.32. The molecule has 0 spiro atoms. The van der Waals surface area contributed by atoms with Crippen LogP contribution in [0.4, 0.5) is 0 Å². The van der Waals surface area contributed by atoms with Gasteiger partial charge in [0.2, 0.25) is 15.6 Å². The first kappa shape index (κ1) is 21.7. The number of nitrogens with one attached hydrogen (secondary N) is 1. The van der Waals surface area contributed by atoms with E-state index in [2.05, 4.69) is 4.98 Å². The van der Waals surface area contributed by atoms with Crippen molar-refractivity contribution in [3.05, 3.63) is 62.6 Å². The van der Waals surface area contributed by atoms with Crippen LogP contribution in [-0.2, 0) is 10.0 Å². The third kappa shape index (κ3) is 3.93. The molecule has 3 heterocycles. The van der Waals surface area contributed by atoms with Gasteiger partial charge in [0.25, 0.3) is 5.91 Å². The second-order valence-electron chi connectivity index (χ2n) is 7.52. The van der Waals surface area contributed by atoms with Gasteiger partial charge in [-0.1, -0.05) is 19.9 Å². The highest BCUT2D eigenvalue weighted by molar-refractivity contribution is 7.89. The minimum Gasteiger partial charge on any atom is -0.331 e. The smallest absolute Gasteiger partial charge is 0.255 e.